The number of aromatic nitrogens is 4. The van der Waals surface area contributed by atoms with Crippen LogP contribution >= 0.6 is 0 Å². The number of piperidine rings is 1. The van der Waals surface area contributed by atoms with Crippen LogP contribution in [0.1, 0.15) is 31.9 Å². The predicted octanol–water partition coefficient (Wildman–Crippen LogP) is 2.82. The van der Waals surface area contributed by atoms with Crippen molar-refractivity contribution in [3.63, 3.8) is 0 Å². The zero-order valence-electron chi connectivity index (χ0n) is 15.4. The first-order chi connectivity index (χ1) is 13.2. The molecule has 0 aromatic carbocycles. The molecule has 154 valence electrons. The van der Waals surface area contributed by atoms with Gasteiger partial charge in [0.15, 0.2) is 5.69 Å². The number of likely N-dealkylation sites (tertiary alicyclic amines) is 1. The summed E-state index contributed by atoms with van der Waals surface area (Å²) in [6, 6.07) is -0.339. The number of amides is 2. The Morgan fingerprint density at radius 2 is 2.14 bits per heavy atom. The molecule has 1 unspecified atom stereocenters. The van der Waals surface area contributed by atoms with E-state index < -0.39 is 34.2 Å². The summed E-state index contributed by atoms with van der Waals surface area (Å²) in [7, 11) is 1.42. The number of aryl methyl sites for hydroxylation is 1. The van der Waals surface area contributed by atoms with Gasteiger partial charge in [0.2, 0.25) is 4.90 Å². The topological polar surface area (TPSA) is 102 Å². The third-order valence-corrected chi connectivity index (χ3v) is 6.62. The minimum atomic E-state index is -2.94. The summed E-state index contributed by atoms with van der Waals surface area (Å²) < 4.78 is 55.6. The normalized spacial score (nSPS) is 18.9. The molecular formula is C16H21F3N6O2S. The molecule has 0 radical (unpaired) electrons. The Labute approximate surface area is 162 Å². The van der Waals surface area contributed by atoms with Gasteiger partial charge in [-0.1, -0.05) is 0 Å². The quantitative estimate of drug-likeness (QED) is 0.729. The number of urea groups is 1. The van der Waals surface area contributed by atoms with Gasteiger partial charge in [-0.3, -0.25) is 9.78 Å². The third kappa shape index (κ3) is 4.12. The monoisotopic (exact) mass is 418 g/mol. The molecular weight excluding hydrogens is 397 g/mol. The number of aromatic amines is 1. The van der Waals surface area contributed by atoms with Crippen LogP contribution < -0.4 is 5.32 Å². The van der Waals surface area contributed by atoms with E-state index in [-0.39, 0.29) is 36.9 Å². The molecule has 0 spiro atoms. The number of rotatable bonds is 5. The van der Waals surface area contributed by atoms with Crippen molar-refractivity contribution in [1.29, 1.82) is 0 Å². The summed E-state index contributed by atoms with van der Waals surface area (Å²) in [5.41, 5.74) is -0.152. The zero-order chi connectivity index (χ0) is 20.5. The van der Waals surface area contributed by atoms with Gasteiger partial charge in [0.25, 0.3) is 11.4 Å². The Hall–Kier alpha value is -2.21. The Kier molecular flexibility index (Phi) is 5.89. The average Bonchev–Trinajstić information content (AvgIpc) is 3.30. The molecule has 0 saturated carbocycles. The van der Waals surface area contributed by atoms with E-state index in [2.05, 4.69) is 20.6 Å². The number of nitrogens with zero attached hydrogens (tertiary/aromatic N) is 4. The van der Waals surface area contributed by atoms with Crippen LogP contribution in [0.4, 0.5) is 23.7 Å². The molecule has 28 heavy (non-hydrogen) atoms. The standard InChI is InChI=1S/C16H21F3N6O2S/c1-16(19,28(27)12-9-24(2)23-13(12)14(17)18)10-3-5-25(6-4-10)15(26)22-11-7-20-21-8-11/h7-10,14H,3-6H2,1-2H3,(H,20,21)(H,22,26)/t16-,28?/m1/s1. The van der Waals surface area contributed by atoms with Crippen molar-refractivity contribution in [2.45, 2.75) is 36.1 Å². The molecule has 1 aliphatic heterocycles. The molecule has 12 heteroatoms. The van der Waals surface area contributed by atoms with Crippen molar-refractivity contribution in [1.82, 2.24) is 24.9 Å². The molecule has 0 aliphatic carbocycles. The van der Waals surface area contributed by atoms with Crippen molar-refractivity contribution in [3.8, 4) is 0 Å². The summed E-state index contributed by atoms with van der Waals surface area (Å²) in [4.78, 5) is 13.5. The molecule has 2 amide bonds. The highest BCUT2D eigenvalue weighted by Gasteiger charge is 2.50. The van der Waals surface area contributed by atoms with Gasteiger partial charge >= 0.3 is 6.03 Å². The minimum absolute atomic E-state index is 0.264. The smallest absolute Gasteiger partial charge is 0.321 e. The molecule has 3 rings (SSSR count). The van der Waals surface area contributed by atoms with Gasteiger partial charge in [0.05, 0.1) is 18.1 Å². The molecule has 8 nitrogen and oxygen atoms in total. The Balaban J connectivity index is 1.65. The van der Waals surface area contributed by atoms with Crippen molar-refractivity contribution < 1.29 is 22.5 Å². The van der Waals surface area contributed by atoms with E-state index in [9.17, 15) is 18.1 Å². The summed E-state index contributed by atoms with van der Waals surface area (Å²) in [5.74, 6) is -0.642. The highest BCUT2D eigenvalue weighted by atomic mass is 32.2. The van der Waals surface area contributed by atoms with E-state index in [4.69, 9.17) is 0 Å². The molecule has 2 aromatic heterocycles. The first-order valence-electron chi connectivity index (χ1n) is 8.67. The second-order valence-corrected chi connectivity index (χ2v) is 8.56. The number of H-pyrrole nitrogens is 1. The van der Waals surface area contributed by atoms with Gasteiger partial charge in [-0.25, -0.2) is 13.6 Å². The summed E-state index contributed by atoms with van der Waals surface area (Å²) in [5, 5.41) is 10.4. The maximum absolute atomic E-state index is 15.4. The maximum atomic E-state index is 15.4. The highest BCUT2D eigenvalue weighted by Crippen LogP contribution is 2.41. The van der Waals surface area contributed by atoms with Crippen LogP contribution in [0.2, 0.25) is 0 Å². The van der Waals surface area contributed by atoms with E-state index in [1.54, 1.807) is 0 Å². The lowest BCUT2D eigenvalue weighted by molar-refractivity contribution is 0.116. The molecule has 0 bridgehead atoms. The number of carbonyl (C=O) groups is 1. The lowest BCUT2D eigenvalue weighted by Gasteiger charge is -2.37. The van der Waals surface area contributed by atoms with Gasteiger partial charge in [0, 0.05) is 50.4 Å². The van der Waals surface area contributed by atoms with Crippen molar-refractivity contribution in [3.05, 3.63) is 24.3 Å². The fourth-order valence-electron chi connectivity index (χ4n) is 3.26. The van der Waals surface area contributed by atoms with Crippen LogP contribution in [0.3, 0.4) is 0 Å². The zero-order valence-corrected chi connectivity index (χ0v) is 16.2. The van der Waals surface area contributed by atoms with Gasteiger partial charge in [-0.05, 0) is 12.8 Å². The van der Waals surface area contributed by atoms with Gasteiger partial charge < -0.3 is 14.8 Å². The van der Waals surface area contributed by atoms with E-state index in [1.165, 1.54) is 30.5 Å². The summed E-state index contributed by atoms with van der Waals surface area (Å²) in [6.07, 6.45) is 1.75. The van der Waals surface area contributed by atoms with Crippen molar-refractivity contribution in [2.75, 3.05) is 18.4 Å². The van der Waals surface area contributed by atoms with Crippen LogP contribution in [0.15, 0.2) is 23.5 Å². The third-order valence-electron chi connectivity index (χ3n) is 4.85. The van der Waals surface area contributed by atoms with Gasteiger partial charge in [-0.15, -0.1) is 0 Å². The first-order valence-corrected chi connectivity index (χ1v) is 9.82. The van der Waals surface area contributed by atoms with E-state index in [1.807, 2.05) is 0 Å². The minimum Gasteiger partial charge on any atom is -0.609 e. The van der Waals surface area contributed by atoms with Crippen LogP contribution in [0.5, 0.6) is 0 Å². The number of hydrogen-bond donors (Lipinski definition) is 2. The fraction of sp³-hybridized carbons (Fsp3) is 0.562. The van der Waals surface area contributed by atoms with Crippen LogP contribution in [0.25, 0.3) is 0 Å². The van der Waals surface area contributed by atoms with Crippen molar-refractivity contribution in [2.24, 2.45) is 13.0 Å². The summed E-state index contributed by atoms with van der Waals surface area (Å²) in [6.45, 7) is 1.69. The average molecular weight is 418 g/mol. The van der Waals surface area contributed by atoms with E-state index in [0.29, 0.717) is 5.69 Å². The van der Waals surface area contributed by atoms with Crippen LogP contribution in [-0.2, 0) is 18.2 Å². The second-order valence-electron chi connectivity index (χ2n) is 6.79. The van der Waals surface area contributed by atoms with Gasteiger partial charge in [-0.2, -0.15) is 14.6 Å². The summed E-state index contributed by atoms with van der Waals surface area (Å²) >= 11 is -2.31. The van der Waals surface area contributed by atoms with Gasteiger partial charge in [0.1, 0.15) is 0 Å². The number of nitrogens with one attached hydrogen (secondary N) is 2. The molecule has 1 saturated heterocycles. The largest absolute Gasteiger partial charge is 0.609 e. The number of alkyl halides is 3. The maximum Gasteiger partial charge on any atom is 0.321 e. The number of hydrogen-bond acceptors (Lipinski definition) is 4. The highest BCUT2D eigenvalue weighted by molar-refractivity contribution is 7.92. The van der Waals surface area contributed by atoms with E-state index >= 15 is 4.39 Å². The fourth-order valence-corrected chi connectivity index (χ4v) is 4.80. The lowest BCUT2D eigenvalue weighted by atomic mass is 9.92. The molecule has 3 heterocycles. The number of anilines is 1. The van der Waals surface area contributed by atoms with E-state index in [0.717, 1.165) is 11.6 Å². The van der Waals surface area contributed by atoms with Crippen LogP contribution in [0, 0.1) is 5.92 Å². The molecule has 2 atom stereocenters. The van der Waals surface area contributed by atoms with Crippen LogP contribution in [-0.4, -0.2) is 53.6 Å². The SMILES string of the molecule is Cn1cc([S+]([O-])[C@@](C)(F)C2CCN(C(=O)Nc3cn[nH]c3)CC2)c(C(F)F)n1. The number of carbonyl (C=O) groups excluding carboxylic acids is 1. The lowest BCUT2D eigenvalue weighted by Crippen LogP contribution is -2.48. The molecule has 2 N–H and O–H groups in total. The Morgan fingerprint density at radius 3 is 2.71 bits per heavy atom. The number of halogens is 3. The van der Waals surface area contributed by atoms with Crippen molar-refractivity contribution >= 4 is 22.9 Å². The molecule has 1 aliphatic rings. The molecule has 2 aromatic rings. The second kappa shape index (κ2) is 8.03. The predicted molar refractivity (Wildman–Crippen MR) is 96.0 cm³/mol. The first kappa shape index (κ1) is 20.5. The Bertz CT molecular complexity index is 805. The Morgan fingerprint density at radius 1 is 1.46 bits per heavy atom. The molecule has 1 fully saturated rings.